The average molecular weight is 381 g/mol. The SMILES string of the molecule is CCOC(=O)N1CCN(C(=O)c2cnc(N3CCc4ccccc43)nc2)CC1. The van der Waals surface area contributed by atoms with Crippen LogP contribution in [0, 0.1) is 0 Å². The number of anilines is 2. The van der Waals surface area contributed by atoms with Gasteiger partial charge in [-0.1, -0.05) is 18.2 Å². The van der Waals surface area contributed by atoms with E-state index in [1.165, 1.54) is 5.56 Å². The topological polar surface area (TPSA) is 78.9 Å². The van der Waals surface area contributed by atoms with Gasteiger partial charge < -0.3 is 19.4 Å². The highest BCUT2D eigenvalue weighted by atomic mass is 16.6. The van der Waals surface area contributed by atoms with Crippen molar-refractivity contribution < 1.29 is 14.3 Å². The van der Waals surface area contributed by atoms with Crippen LogP contribution in [0.25, 0.3) is 0 Å². The Bertz CT molecular complexity index is 862. The summed E-state index contributed by atoms with van der Waals surface area (Å²) in [6, 6.07) is 8.22. The molecule has 8 heteroatoms. The molecule has 0 bridgehead atoms. The number of rotatable bonds is 3. The van der Waals surface area contributed by atoms with E-state index in [9.17, 15) is 9.59 Å². The first-order valence-corrected chi connectivity index (χ1v) is 9.56. The quantitative estimate of drug-likeness (QED) is 0.810. The van der Waals surface area contributed by atoms with Gasteiger partial charge in [0.2, 0.25) is 5.95 Å². The van der Waals surface area contributed by atoms with Gasteiger partial charge in [0.05, 0.1) is 12.2 Å². The molecular formula is C20H23N5O3. The van der Waals surface area contributed by atoms with Crippen LogP contribution in [0.2, 0.25) is 0 Å². The number of fused-ring (bicyclic) bond motifs is 1. The Labute approximate surface area is 163 Å². The molecule has 4 rings (SSSR count). The zero-order valence-corrected chi connectivity index (χ0v) is 15.9. The van der Waals surface area contributed by atoms with Crippen LogP contribution in [0.3, 0.4) is 0 Å². The Morgan fingerprint density at radius 3 is 2.39 bits per heavy atom. The molecule has 3 heterocycles. The number of benzene rings is 1. The molecule has 2 aromatic rings. The lowest BCUT2D eigenvalue weighted by Gasteiger charge is -2.34. The first-order valence-electron chi connectivity index (χ1n) is 9.56. The molecule has 0 radical (unpaired) electrons. The van der Waals surface area contributed by atoms with Gasteiger partial charge in [0.15, 0.2) is 0 Å². The van der Waals surface area contributed by atoms with E-state index in [0.717, 1.165) is 18.7 Å². The Hall–Kier alpha value is -3.16. The summed E-state index contributed by atoms with van der Waals surface area (Å²) < 4.78 is 5.01. The fourth-order valence-electron chi connectivity index (χ4n) is 3.61. The van der Waals surface area contributed by atoms with E-state index < -0.39 is 0 Å². The number of amides is 2. The van der Waals surface area contributed by atoms with Crippen molar-refractivity contribution in [2.24, 2.45) is 0 Å². The highest BCUT2D eigenvalue weighted by Crippen LogP contribution is 2.31. The minimum Gasteiger partial charge on any atom is -0.450 e. The molecule has 1 aromatic heterocycles. The maximum Gasteiger partial charge on any atom is 0.409 e. The molecule has 0 N–H and O–H groups in total. The number of hydrogen-bond acceptors (Lipinski definition) is 6. The monoisotopic (exact) mass is 381 g/mol. The second-order valence-corrected chi connectivity index (χ2v) is 6.78. The third-order valence-corrected chi connectivity index (χ3v) is 5.11. The number of piperazine rings is 1. The van der Waals surface area contributed by atoms with E-state index in [-0.39, 0.29) is 12.0 Å². The predicted octanol–water partition coefficient (Wildman–Crippen LogP) is 2.09. The summed E-state index contributed by atoms with van der Waals surface area (Å²) >= 11 is 0. The van der Waals surface area contributed by atoms with Gasteiger partial charge in [-0.3, -0.25) is 4.79 Å². The van der Waals surface area contributed by atoms with E-state index in [2.05, 4.69) is 27.0 Å². The van der Waals surface area contributed by atoms with Gasteiger partial charge in [0, 0.05) is 50.8 Å². The Kier molecular flexibility index (Phi) is 5.10. The molecule has 2 aliphatic heterocycles. The number of carbonyl (C=O) groups is 2. The van der Waals surface area contributed by atoms with Gasteiger partial charge in [-0.05, 0) is 25.0 Å². The molecule has 0 spiro atoms. The van der Waals surface area contributed by atoms with Crippen LogP contribution < -0.4 is 4.90 Å². The van der Waals surface area contributed by atoms with Gasteiger partial charge >= 0.3 is 6.09 Å². The van der Waals surface area contributed by atoms with E-state index in [1.807, 2.05) is 12.1 Å². The van der Waals surface area contributed by atoms with Gasteiger partial charge in [-0.2, -0.15) is 0 Å². The summed E-state index contributed by atoms with van der Waals surface area (Å²) in [5.74, 6) is 0.491. The molecule has 146 valence electrons. The molecule has 1 aromatic carbocycles. The van der Waals surface area contributed by atoms with Gasteiger partial charge in [-0.25, -0.2) is 14.8 Å². The highest BCUT2D eigenvalue weighted by Gasteiger charge is 2.26. The summed E-state index contributed by atoms with van der Waals surface area (Å²) in [4.78, 5) is 38.8. The van der Waals surface area contributed by atoms with E-state index in [4.69, 9.17) is 4.74 Å². The third kappa shape index (κ3) is 3.49. The van der Waals surface area contributed by atoms with Gasteiger partial charge in [0.1, 0.15) is 0 Å². The molecule has 1 fully saturated rings. The maximum atomic E-state index is 12.7. The van der Waals surface area contributed by atoms with Crippen molar-refractivity contribution in [1.82, 2.24) is 19.8 Å². The predicted molar refractivity (Wildman–Crippen MR) is 104 cm³/mol. The first kappa shape index (κ1) is 18.2. The van der Waals surface area contributed by atoms with Crippen molar-refractivity contribution in [1.29, 1.82) is 0 Å². The molecule has 28 heavy (non-hydrogen) atoms. The summed E-state index contributed by atoms with van der Waals surface area (Å²) in [6.45, 7) is 4.84. The molecule has 0 unspecified atom stereocenters. The van der Waals surface area contributed by atoms with Gasteiger partial charge in [-0.15, -0.1) is 0 Å². The van der Waals surface area contributed by atoms with Crippen LogP contribution in [-0.2, 0) is 11.2 Å². The number of nitrogens with zero attached hydrogens (tertiary/aromatic N) is 5. The van der Waals surface area contributed by atoms with Crippen LogP contribution in [0.5, 0.6) is 0 Å². The zero-order chi connectivity index (χ0) is 19.5. The molecule has 0 atom stereocenters. The fraction of sp³-hybridized carbons (Fsp3) is 0.400. The summed E-state index contributed by atoms with van der Waals surface area (Å²) in [5.41, 5.74) is 2.86. The lowest BCUT2D eigenvalue weighted by molar-refractivity contribution is 0.0570. The largest absolute Gasteiger partial charge is 0.450 e. The summed E-state index contributed by atoms with van der Waals surface area (Å²) in [6.07, 6.45) is 3.81. The number of ether oxygens (including phenoxy) is 1. The number of aromatic nitrogens is 2. The standard InChI is InChI=1S/C20H23N5O3/c1-2-28-20(27)24-11-9-23(10-12-24)18(26)16-13-21-19(22-14-16)25-8-7-15-5-3-4-6-17(15)25/h3-6,13-14H,2,7-12H2,1H3. The van der Waals surface area contributed by atoms with Crippen LogP contribution in [0.1, 0.15) is 22.8 Å². The Balaban J connectivity index is 1.40. The number of carbonyl (C=O) groups excluding carboxylic acids is 2. The van der Waals surface area contributed by atoms with Crippen LogP contribution >= 0.6 is 0 Å². The minimum absolute atomic E-state index is 0.114. The van der Waals surface area contributed by atoms with Crippen LogP contribution in [-0.4, -0.2) is 71.1 Å². The average Bonchev–Trinajstić information content (AvgIpc) is 3.18. The van der Waals surface area contributed by atoms with Crippen molar-refractivity contribution in [2.75, 3.05) is 44.2 Å². The van der Waals surface area contributed by atoms with E-state index >= 15 is 0 Å². The molecular weight excluding hydrogens is 358 g/mol. The molecule has 1 saturated heterocycles. The molecule has 0 saturated carbocycles. The second-order valence-electron chi connectivity index (χ2n) is 6.78. The van der Waals surface area contributed by atoms with E-state index in [1.54, 1.807) is 29.1 Å². The lowest BCUT2D eigenvalue weighted by Crippen LogP contribution is -2.50. The second kappa shape index (κ2) is 7.84. The zero-order valence-electron chi connectivity index (χ0n) is 15.9. The minimum atomic E-state index is -0.326. The smallest absolute Gasteiger partial charge is 0.409 e. The van der Waals surface area contributed by atoms with Crippen molar-refractivity contribution in [3.8, 4) is 0 Å². The fourth-order valence-corrected chi connectivity index (χ4v) is 3.61. The van der Waals surface area contributed by atoms with Crippen molar-refractivity contribution in [3.05, 3.63) is 47.8 Å². The third-order valence-electron chi connectivity index (χ3n) is 5.11. The van der Waals surface area contributed by atoms with E-state index in [0.29, 0.717) is 44.3 Å². The lowest BCUT2D eigenvalue weighted by atomic mass is 10.2. The van der Waals surface area contributed by atoms with Crippen LogP contribution in [0.15, 0.2) is 36.7 Å². The van der Waals surface area contributed by atoms with Crippen molar-refractivity contribution in [3.63, 3.8) is 0 Å². The normalized spacial score (nSPS) is 16.1. The molecule has 2 aliphatic rings. The highest BCUT2D eigenvalue weighted by molar-refractivity contribution is 5.94. The Morgan fingerprint density at radius 2 is 1.68 bits per heavy atom. The van der Waals surface area contributed by atoms with Crippen molar-refractivity contribution >= 4 is 23.6 Å². The summed E-state index contributed by atoms with van der Waals surface area (Å²) in [5, 5.41) is 0. The van der Waals surface area contributed by atoms with Gasteiger partial charge in [0.25, 0.3) is 5.91 Å². The molecule has 2 amide bonds. The molecule has 0 aliphatic carbocycles. The Morgan fingerprint density at radius 1 is 1.00 bits per heavy atom. The first-order chi connectivity index (χ1) is 13.7. The van der Waals surface area contributed by atoms with Crippen molar-refractivity contribution in [2.45, 2.75) is 13.3 Å². The number of hydrogen-bond donors (Lipinski definition) is 0. The van der Waals surface area contributed by atoms with Crippen LogP contribution in [0.4, 0.5) is 16.4 Å². The molecule has 8 nitrogen and oxygen atoms in total. The number of para-hydroxylation sites is 1. The summed E-state index contributed by atoms with van der Waals surface area (Å²) in [7, 11) is 0. The maximum absolute atomic E-state index is 12.7.